The number of benzene rings is 2. The van der Waals surface area contributed by atoms with E-state index in [2.05, 4.69) is 61.4 Å². The Labute approximate surface area is 123 Å². The molecule has 0 saturated heterocycles. The zero-order valence-electron chi connectivity index (χ0n) is 13.2. The largest absolute Gasteiger partial charge is 0.119 e. The fraction of sp³-hybridized carbons (Fsp3) is 0.300. The normalized spacial score (nSPS) is 12.6. The predicted molar refractivity (Wildman–Crippen MR) is 89.9 cm³/mol. The van der Waals surface area contributed by atoms with Crippen LogP contribution in [0.4, 0.5) is 0 Å². The summed E-state index contributed by atoms with van der Waals surface area (Å²) in [6.45, 7) is 10.1. The third-order valence-corrected chi connectivity index (χ3v) is 3.51. The maximum absolute atomic E-state index is 5.75. The molecule has 0 atom stereocenters. The van der Waals surface area contributed by atoms with Crippen molar-refractivity contribution >= 4 is 0 Å². The van der Waals surface area contributed by atoms with Gasteiger partial charge in [0.15, 0.2) is 0 Å². The molecule has 0 fully saturated rings. The first-order chi connectivity index (χ1) is 9.77. The first-order valence-electron chi connectivity index (χ1n) is 7.44. The summed E-state index contributed by atoms with van der Waals surface area (Å²) in [6, 6.07) is 16.8. The number of fused-ring (bicyclic) bond motifs is 3. The van der Waals surface area contributed by atoms with Crippen LogP contribution in [0.15, 0.2) is 48.5 Å². The lowest BCUT2D eigenvalue weighted by atomic mass is 9.81. The molecule has 0 radical (unpaired) electrons. The van der Waals surface area contributed by atoms with Crippen LogP contribution in [0.5, 0.6) is 0 Å². The van der Waals surface area contributed by atoms with Gasteiger partial charge in [0, 0.05) is 0 Å². The average molecular weight is 264 g/mol. The third-order valence-electron chi connectivity index (χ3n) is 3.51. The van der Waals surface area contributed by atoms with E-state index in [1.807, 2.05) is 27.7 Å². The van der Waals surface area contributed by atoms with Crippen molar-refractivity contribution in [3.05, 3.63) is 59.7 Å². The highest BCUT2D eigenvalue weighted by Crippen LogP contribution is 2.47. The van der Waals surface area contributed by atoms with E-state index >= 15 is 0 Å². The van der Waals surface area contributed by atoms with Crippen LogP contribution < -0.4 is 0 Å². The van der Waals surface area contributed by atoms with E-state index in [-0.39, 0.29) is 5.41 Å². The summed E-state index contributed by atoms with van der Waals surface area (Å²) < 4.78 is 0. The smallest absolute Gasteiger partial charge is 0.0793 e. The van der Waals surface area contributed by atoms with Gasteiger partial charge in [-0.1, -0.05) is 82.1 Å². The zero-order chi connectivity index (χ0) is 15.2. The summed E-state index contributed by atoms with van der Waals surface area (Å²) in [5.74, 6) is 2.95. The molecule has 1 aliphatic rings. The Kier molecular flexibility index (Phi) is 5.59. The minimum absolute atomic E-state index is 0.271. The number of hydrogen-bond acceptors (Lipinski definition) is 0. The Balaban J connectivity index is 0.000000461. The second-order valence-electron chi connectivity index (χ2n) is 4.36. The average Bonchev–Trinajstić information content (AvgIpc) is 2.82. The molecule has 20 heavy (non-hydrogen) atoms. The Hall–Kier alpha value is -2.00. The highest BCUT2D eigenvalue weighted by molar-refractivity contribution is 5.82. The van der Waals surface area contributed by atoms with E-state index in [1.54, 1.807) is 0 Å². The highest BCUT2D eigenvalue weighted by atomic mass is 14.4. The molecule has 0 aromatic heterocycles. The van der Waals surface area contributed by atoms with Gasteiger partial charge in [-0.05, 0) is 29.2 Å². The van der Waals surface area contributed by atoms with Gasteiger partial charge in [0.25, 0.3) is 0 Å². The van der Waals surface area contributed by atoms with Gasteiger partial charge in [-0.15, -0.1) is 6.42 Å². The van der Waals surface area contributed by atoms with Gasteiger partial charge >= 0.3 is 0 Å². The number of terminal acetylenes is 1. The summed E-state index contributed by atoms with van der Waals surface area (Å²) in [7, 11) is 0. The molecule has 1 aliphatic carbocycles. The molecule has 104 valence electrons. The Bertz CT molecular complexity index is 554. The highest BCUT2D eigenvalue weighted by Gasteiger charge is 2.37. The molecule has 2 aromatic carbocycles. The molecule has 0 heteroatoms. The number of hydrogen-bond donors (Lipinski definition) is 0. The molecule has 0 N–H and O–H groups in total. The molecular weight excluding hydrogens is 240 g/mol. The molecular formula is C20H24. The monoisotopic (exact) mass is 264 g/mol. The van der Waals surface area contributed by atoms with Gasteiger partial charge in [0.05, 0.1) is 5.41 Å². The van der Waals surface area contributed by atoms with E-state index in [9.17, 15) is 0 Å². The van der Waals surface area contributed by atoms with Crippen molar-refractivity contribution in [2.24, 2.45) is 0 Å². The Morgan fingerprint density at radius 1 is 0.750 bits per heavy atom. The lowest BCUT2D eigenvalue weighted by Gasteiger charge is -2.19. The molecule has 0 unspecified atom stereocenters. The molecule has 0 nitrogen and oxygen atoms in total. The topological polar surface area (TPSA) is 0 Å². The van der Waals surface area contributed by atoms with Crippen LogP contribution in [-0.2, 0) is 5.41 Å². The van der Waals surface area contributed by atoms with E-state index in [1.165, 1.54) is 22.3 Å². The van der Waals surface area contributed by atoms with Crippen molar-refractivity contribution in [3.63, 3.8) is 0 Å². The van der Waals surface area contributed by atoms with Gasteiger partial charge in [-0.2, -0.15) is 0 Å². The summed E-state index contributed by atoms with van der Waals surface area (Å²) in [5.41, 5.74) is 4.78. The molecule has 0 spiro atoms. The quantitative estimate of drug-likeness (QED) is 0.539. The van der Waals surface area contributed by atoms with E-state index in [4.69, 9.17) is 6.42 Å². The maximum Gasteiger partial charge on any atom is 0.0793 e. The molecule has 0 aliphatic heterocycles. The summed E-state index contributed by atoms with van der Waals surface area (Å²) in [6.07, 6.45) is 5.75. The minimum Gasteiger partial charge on any atom is -0.119 e. The molecule has 0 bridgehead atoms. The van der Waals surface area contributed by atoms with E-state index in [0.717, 1.165) is 0 Å². The van der Waals surface area contributed by atoms with Gasteiger partial charge in [-0.3, -0.25) is 0 Å². The van der Waals surface area contributed by atoms with E-state index in [0.29, 0.717) is 0 Å². The molecule has 2 aromatic rings. The van der Waals surface area contributed by atoms with Gasteiger partial charge in [0.1, 0.15) is 0 Å². The third kappa shape index (κ3) is 2.37. The van der Waals surface area contributed by atoms with Gasteiger partial charge in [-0.25, -0.2) is 0 Å². The number of rotatable bonds is 0. The van der Waals surface area contributed by atoms with Crippen molar-refractivity contribution in [1.82, 2.24) is 0 Å². The van der Waals surface area contributed by atoms with Crippen LogP contribution in [0.1, 0.15) is 45.7 Å². The molecule has 0 saturated carbocycles. The SMILES string of the molecule is C#CC1(C)c2ccccc2-c2ccccc21.CC.CC. The van der Waals surface area contributed by atoms with Crippen molar-refractivity contribution in [2.75, 3.05) is 0 Å². The fourth-order valence-corrected chi connectivity index (χ4v) is 2.61. The van der Waals surface area contributed by atoms with E-state index < -0.39 is 0 Å². The van der Waals surface area contributed by atoms with Crippen LogP contribution in [0.3, 0.4) is 0 Å². The summed E-state index contributed by atoms with van der Waals surface area (Å²) in [4.78, 5) is 0. The van der Waals surface area contributed by atoms with Crippen LogP contribution >= 0.6 is 0 Å². The second-order valence-corrected chi connectivity index (χ2v) is 4.36. The molecule has 3 rings (SSSR count). The van der Waals surface area contributed by atoms with Crippen LogP contribution in [0.2, 0.25) is 0 Å². The Morgan fingerprint density at radius 3 is 1.45 bits per heavy atom. The van der Waals surface area contributed by atoms with Crippen molar-refractivity contribution < 1.29 is 0 Å². The lowest BCUT2D eigenvalue weighted by molar-refractivity contribution is 0.779. The van der Waals surface area contributed by atoms with Crippen LogP contribution in [0.25, 0.3) is 11.1 Å². The standard InChI is InChI=1S/C16H12.2C2H6/c1-3-16(2)14-10-6-4-8-12(14)13-9-5-7-11-15(13)16;2*1-2/h1,4-11H,2H3;2*1-2H3. The van der Waals surface area contributed by atoms with Crippen LogP contribution in [-0.4, -0.2) is 0 Å². The first-order valence-corrected chi connectivity index (χ1v) is 7.44. The first kappa shape index (κ1) is 16.1. The van der Waals surface area contributed by atoms with Crippen molar-refractivity contribution in [2.45, 2.75) is 40.0 Å². The molecule has 0 amide bonds. The van der Waals surface area contributed by atoms with Crippen LogP contribution in [0, 0.1) is 12.3 Å². The second kappa shape index (κ2) is 6.96. The zero-order valence-corrected chi connectivity index (χ0v) is 13.2. The van der Waals surface area contributed by atoms with Gasteiger partial charge < -0.3 is 0 Å². The lowest BCUT2D eigenvalue weighted by Crippen LogP contribution is -2.17. The summed E-state index contributed by atoms with van der Waals surface area (Å²) in [5, 5.41) is 0. The van der Waals surface area contributed by atoms with Gasteiger partial charge in [0.2, 0.25) is 0 Å². The summed E-state index contributed by atoms with van der Waals surface area (Å²) >= 11 is 0. The van der Waals surface area contributed by atoms with Crippen molar-refractivity contribution in [3.8, 4) is 23.5 Å². The van der Waals surface area contributed by atoms with Crippen molar-refractivity contribution in [1.29, 1.82) is 0 Å². The fourth-order valence-electron chi connectivity index (χ4n) is 2.61. The minimum atomic E-state index is -0.271. The maximum atomic E-state index is 5.75. The molecule has 0 heterocycles. The predicted octanol–water partition coefficient (Wildman–Crippen LogP) is 5.66. The Morgan fingerprint density at radius 2 is 1.10 bits per heavy atom.